The van der Waals surface area contributed by atoms with E-state index in [2.05, 4.69) is 5.32 Å². The summed E-state index contributed by atoms with van der Waals surface area (Å²) in [6, 6.07) is 17.5. The number of nitrogens with one attached hydrogen (secondary N) is 1. The van der Waals surface area contributed by atoms with Crippen molar-refractivity contribution in [1.29, 1.82) is 0 Å². The Morgan fingerprint density at radius 3 is 2.15 bits per heavy atom. The number of aryl methyl sites for hydroxylation is 1. The van der Waals surface area contributed by atoms with E-state index < -0.39 is 29.7 Å². The molecule has 0 spiro atoms. The zero-order valence-corrected chi connectivity index (χ0v) is 20.4. The Kier molecular flexibility index (Phi) is 9.86. The van der Waals surface area contributed by atoms with Gasteiger partial charge in [0.15, 0.2) is 0 Å². The maximum absolute atomic E-state index is 12.4. The van der Waals surface area contributed by atoms with Gasteiger partial charge in [-0.25, -0.2) is 9.59 Å². The molecule has 1 N–H and O–H groups in total. The monoisotopic (exact) mass is 467 g/mol. The number of benzene rings is 2. The quantitative estimate of drug-likeness (QED) is 0.236. The molecule has 7 nitrogen and oxygen atoms in total. The van der Waals surface area contributed by atoms with Crippen LogP contribution in [0.5, 0.6) is 0 Å². The zero-order valence-electron chi connectivity index (χ0n) is 20.4. The van der Waals surface area contributed by atoms with Crippen molar-refractivity contribution in [2.45, 2.75) is 59.1 Å². The Bertz CT molecular complexity index is 990. The van der Waals surface area contributed by atoms with Gasteiger partial charge in [0.25, 0.3) is 0 Å². The van der Waals surface area contributed by atoms with Crippen LogP contribution in [0.15, 0.2) is 66.4 Å². The Labute approximate surface area is 201 Å². The van der Waals surface area contributed by atoms with Gasteiger partial charge < -0.3 is 19.5 Å². The normalized spacial score (nSPS) is 12.4. The lowest BCUT2D eigenvalue weighted by Crippen LogP contribution is -2.39. The Hall–Kier alpha value is -3.61. The molecule has 2 aromatic carbocycles. The highest BCUT2D eigenvalue weighted by molar-refractivity contribution is 5.89. The van der Waals surface area contributed by atoms with Gasteiger partial charge >= 0.3 is 18.0 Å². The SMILES string of the molecule is CCOC(=O)/C(=C/[C@@H](CCc1ccc(-c2ccccc2)cc1)NC(=O)OC(C)(C)C)OC(C)=O. The molecule has 1 atom stereocenters. The van der Waals surface area contributed by atoms with Gasteiger partial charge in [0.05, 0.1) is 12.6 Å². The first-order valence-electron chi connectivity index (χ1n) is 11.3. The van der Waals surface area contributed by atoms with Crippen molar-refractivity contribution in [2.75, 3.05) is 6.61 Å². The fourth-order valence-electron chi connectivity index (χ4n) is 3.16. The summed E-state index contributed by atoms with van der Waals surface area (Å²) in [5.74, 6) is -1.71. The van der Waals surface area contributed by atoms with Crippen molar-refractivity contribution in [3.63, 3.8) is 0 Å². The smallest absolute Gasteiger partial charge is 0.408 e. The van der Waals surface area contributed by atoms with Crippen LogP contribution in [-0.2, 0) is 30.2 Å². The van der Waals surface area contributed by atoms with E-state index in [4.69, 9.17) is 14.2 Å². The van der Waals surface area contributed by atoms with Crippen molar-refractivity contribution in [3.8, 4) is 11.1 Å². The number of carbonyl (C=O) groups is 3. The van der Waals surface area contributed by atoms with Crippen molar-refractivity contribution in [2.24, 2.45) is 0 Å². The van der Waals surface area contributed by atoms with Crippen LogP contribution in [0.4, 0.5) is 4.79 Å². The van der Waals surface area contributed by atoms with E-state index in [0.717, 1.165) is 16.7 Å². The maximum atomic E-state index is 12.4. The highest BCUT2D eigenvalue weighted by Gasteiger charge is 2.22. The Morgan fingerprint density at radius 2 is 1.59 bits per heavy atom. The minimum atomic E-state index is -0.777. The lowest BCUT2D eigenvalue weighted by Gasteiger charge is -2.22. The van der Waals surface area contributed by atoms with Crippen LogP contribution in [0.25, 0.3) is 11.1 Å². The van der Waals surface area contributed by atoms with Gasteiger partial charge in [0, 0.05) is 6.92 Å². The van der Waals surface area contributed by atoms with Crippen LogP contribution >= 0.6 is 0 Å². The summed E-state index contributed by atoms with van der Waals surface area (Å²) in [7, 11) is 0. The number of hydrogen-bond acceptors (Lipinski definition) is 6. The van der Waals surface area contributed by atoms with E-state index in [9.17, 15) is 14.4 Å². The third-order valence-corrected chi connectivity index (χ3v) is 4.59. The minimum Gasteiger partial charge on any atom is -0.460 e. The number of carbonyl (C=O) groups excluding carboxylic acids is 3. The summed E-state index contributed by atoms with van der Waals surface area (Å²) in [4.78, 5) is 36.2. The molecule has 34 heavy (non-hydrogen) atoms. The first kappa shape index (κ1) is 26.6. The van der Waals surface area contributed by atoms with Gasteiger partial charge in [-0.15, -0.1) is 0 Å². The first-order chi connectivity index (χ1) is 16.1. The molecule has 0 bridgehead atoms. The van der Waals surface area contributed by atoms with E-state index in [1.54, 1.807) is 27.7 Å². The molecule has 0 aromatic heterocycles. The Morgan fingerprint density at radius 1 is 0.971 bits per heavy atom. The van der Waals surface area contributed by atoms with Gasteiger partial charge in [0.1, 0.15) is 5.60 Å². The molecule has 0 saturated heterocycles. The highest BCUT2D eigenvalue weighted by atomic mass is 16.6. The number of esters is 2. The van der Waals surface area contributed by atoms with Crippen LogP contribution in [-0.4, -0.2) is 36.3 Å². The van der Waals surface area contributed by atoms with Gasteiger partial charge in [0.2, 0.25) is 5.76 Å². The number of amides is 1. The second-order valence-electron chi connectivity index (χ2n) is 8.70. The van der Waals surface area contributed by atoms with E-state index in [1.165, 1.54) is 13.0 Å². The van der Waals surface area contributed by atoms with E-state index in [0.29, 0.717) is 12.8 Å². The van der Waals surface area contributed by atoms with Crippen LogP contribution < -0.4 is 5.32 Å². The van der Waals surface area contributed by atoms with Crippen LogP contribution in [0, 0.1) is 0 Å². The molecule has 0 radical (unpaired) electrons. The largest absolute Gasteiger partial charge is 0.460 e. The van der Waals surface area contributed by atoms with Gasteiger partial charge in [-0.05, 0) is 63.3 Å². The van der Waals surface area contributed by atoms with Crippen molar-refractivity contribution >= 4 is 18.0 Å². The molecule has 0 fully saturated rings. The molecule has 0 unspecified atom stereocenters. The lowest BCUT2D eigenvalue weighted by atomic mass is 10.0. The zero-order chi connectivity index (χ0) is 25.1. The van der Waals surface area contributed by atoms with Gasteiger partial charge in [-0.2, -0.15) is 0 Å². The molecule has 2 aromatic rings. The van der Waals surface area contributed by atoms with Crippen LogP contribution in [0.2, 0.25) is 0 Å². The number of hydrogen-bond donors (Lipinski definition) is 1. The molecular weight excluding hydrogens is 434 g/mol. The molecule has 0 aliphatic carbocycles. The predicted octanol–water partition coefficient (Wildman–Crippen LogP) is 5.19. The van der Waals surface area contributed by atoms with E-state index >= 15 is 0 Å². The standard InChI is InChI=1S/C27H33NO6/c1-6-32-25(30)24(33-19(2)29)18-23(28-26(31)34-27(3,4)5)17-14-20-12-15-22(16-13-20)21-10-8-7-9-11-21/h7-13,15-16,18,23H,6,14,17H2,1-5H3,(H,28,31)/b24-18-/t23-/m1/s1. The maximum Gasteiger partial charge on any atom is 0.408 e. The summed E-state index contributed by atoms with van der Waals surface area (Å²) >= 11 is 0. The molecule has 182 valence electrons. The van der Waals surface area contributed by atoms with Gasteiger partial charge in [-0.3, -0.25) is 4.79 Å². The third kappa shape index (κ3) is 9.48. The number of ether oxygens (including phenoxy) is 3. The molecule has 7 heteroatoms. The average molecular weight is 468 g/mol. The lowest BCUT2D eigenvalue weighted by molar-refractivity contribution is -0.150. The molecule has 0 aliphatic heterocycles. The molecule has 0 heterocycles. The Balaban J connectivity index is 2.20. The third-order valence-electron chi connectivity index (χ3n) is 4.59. The predicted molar refractivity (Wildman–Crippen MR) is 130 cm³/mol. The summed E-state index contributed by atoms with van der Waals surface area (Å²) in [5.41, 5.74) is 2.59. The molecule has 0 saturated carbocycles. The first-order valence-corrected chi connectivity index (χ1v) is 11.3. The number of alkyl carbamates (subject to hydrolysis) is 1. The van der Waals surface area contributed by atoms with Crippen LogP contribution in [0.1, 0.15) is 46.6 Å². The van der Waals surface area contributed by atoms with Gasteiger partial charge in [-0.1, -0.05) is 54.6 Å². The second kappa shape index (κ2) is 12.6. The highest BCUT2D eigenvalue weighted by Crippen LogP contribution is 2.20. The summed E-state index contributed by atoms with van der Waals surface area (Å²) in [6.07, 6.45) is 1.79. The van der Waals surface area contributed by atoms with Crippen molar-refractivity contribution < 1.29 is 28.6 Å². The summed E-state index contributed by atoms with van der Waals surface area (Å²) in [5, 5.41) is 2.75. The van der Waals surface area contributed by atoms with Crippen molar-refractivity contribution in [1.82, 2.24) is 5.32 Å². The van der Waals surface area contributed by atoms with Crippen molar-refractivity contribution in [3.05, 3.63) is 72.0 Å². The van der Waals surface area contributed by atoms with E-state index in [1.807, 2.05) is 54.6 Å². The molecule has 0 aliphatic rings. The topological polar surface area (TPSA) is 90.9 Å². The molecular formula is C27H33NO6. The molecule has 2 rings (SSSR count). The molecule has 1 amide bonds. The fourth-order valence-corrected chi connectivity index (χ4v) is 3.16. The fraction of sp³-hybridized carbons (Fsp3) is 0.370. The average Bonchev–Trinajstić information content (AvgIpc) is 2.76. The summed E-state index contributed by atoms with van der Waals surface area (Å²) in [6.45, 7) is 8.24. The second-order valence-corrected chi connectivity index (χ2v) is 8.70. The summed E-state index contributed by atoms with van der Waals surface area (Å²) < 4.78 is 15.4. The van der Waals surface area contributed by atoms with Crippen LogP contribution in [0.3, 0.4) is 0 Å². The number of rotatable bonds is 9. The minimum absolute atomic E-state index is 0.120. The van der Waals surface area contributed by atoms with E-state index in [-0.39, 0.29) is 12.4 Å².